The number of amides is 1. The molecule has 27 heavy (non-hydrogen) atoms. The van der Waals surface area contributed by atoms with E-state index in [0.29, 0.717) is 32.9 Å². The van der Waals surface area contributed by atoms with Crippen LogP contribution < -0.4 is 5.32 Å². The van der Waals surface area contributed by atoms with Crippen LogP contribution in [-0.4, -0.2) is 20.7 Å². The number of aromatic nitrogens is 3. The molecule has 2 aromatic heterocycles. The van der Waals surface area contributed by atoms with Crippen LogP contribution in [0.4, 0.5) is 5.69 Å². The molecule has 0 aliphatic heterocycles. The first kappa shape index (κ1) is 18.9. The second kappa shape index (κ2) is 7.37. The van der Waals surface area contributed by atoms with Crippen molar-refractivity contribution in [3.8, 4) is 6.07 Å². The highest BCUT2D eigenvalue weighted by Crippen LogP contribution is 2.26. The molecule has 0 saturated heterocycles. The van der Waals surface area contributed by atoms with Gasteiger partial charge in [-0.05, 0) is 44.0 Å². The Morgan fingerprint density at radius 1 is 1.26 bits per heavy atom. The standard InChI is InChI=1S/C20H20ClN5O/c1-11(2)18-8-15(16-10-23-26(12(3)4)19(16)25-18)20(27)24-14-6-5-13(9-22)17(21)7-14/h5-8,10-12H,1-4H3,(H,24,27). The third-order valence-electron chi connectivity index (χ3n) is 4.26. The molecule has 0 atom stereocenters. The third kappa shape index (κ3) is 3.64. The lowest BCUT2D eigenvalue weighted by Crippen LogP contribution is -2.14. The van der Waals surface area contributed by atoms with E-state index < -0.39 is 0 Å². The van der Waals surface area contributed by atoms with Crippen molar-refractivity contribution in [3.05, 3.63) is 52.3 Å². The van der Waals surface area contributed by atoms with Gasteiger partial charge in [0.2, 0.25) is 0 Å². The van der Waals surface area contributed by atoms with E-state index in [0.717, 1.165) is 5.69 Å². The molecule has 138 valence electrons. The molecule has 0 saturated carbocycles. The van der Waals surface area contributed by atoms with Crippen molar-refractivity contribution in [2.24, 2.45) is 0 Å². The molecule has 0 unspecified atom stereocenters. The first-order chi connectivity index (χ1) is 12.8. The Morgan fingerprint density at radius 2 is 2.00 bits per heavy atom. The number of anilines is 1. The monoisotopic (exact) mass is 381 g/mol. The van der Waals surface area contributed by atoms with Gasteiger partial charge >= 0.3 is 0 Å². The van der Waals surface area contributed by atoms with E-state index in [1.807, 2.05) is 38.4 Å². The molecule has 0 radical (unpaired) electrons. The SMILES string of the molecule is CC(C)c1cc(C(=O)Nc2ccc(C#N)c(Cl)c2)c2cnn(C(C)C)c2n1. The van der Waals surface area contributed by atoms with Gasteiger partial charge in [0.15, 0.2) is 5.65 Å². The van der Waals surface area contributed by atoms with Crippen molar-refractivity contribution in [1.29, 1.82) is 5.26 Å². The maximum Gasteiger partial charge on any atom is 0.256 e. The Morgan fingerprint density at radius 3 is 2.59 bits per heavy atom. The fourth-order valence-corrected chi connectivity index (χ4v) is 3.00. The number of fused-ring (bicyclic) bond motifs is 1. The summed E-state index contributed by atoms with van der Waals surface area (Å²) in [7, 11) is 0. The number of halogens is 1. The average molecular weight is 382 g/mol. The zero-order valence-corrected chi connectivity index (χ0v) is 16.4. The van der Waals surface area contributed by atoms with E-state index in [1.165, 1.54) is 0 Å². The van der Waals surface area contributed by atoms with Gasteiger partial charge in [0, 0.05) is 17.4 Å². The van der Waals surface area contributed by atoms with Gasteiger partial charge in [-0.1, -0.05) is 25.4 Å². The van der Waals surface area contributed by atoms with E-state index in [2.05, 4.69) is 10.4 Å². The van der Waals surface area contributed by atoms with Gasteiger partial charge in [0.25, 0.3) is 5.91 Å². The largest absolute Gasteiger partial charge is 0.322 e. The number of hydrogen-bond acceptors (Lipinski definition) is 4. The Balaban J connectivity index is 2.06. The lowest BCUT2D eigenvalue weighted by Gasteiger charge is -2.12. The van der Waals surface area contributed by atoms with Gasteiger partial charge in [0.1, 0.15) is 6.07 Å². The maximum atomic E-state index is 13.0. The Labute approximate surface area is 162 Å². The summed E-state index contributed by atoms with van der Waals surface area (Å²) in [4.78, 5) is 17.7. The zero-order valence-electron chi connectivity index (χ0n) is 15.6. The van der Waals surface area contributed by atoms with Crippen molar-refractivity contribution >= 4 is 34.2 Å². The molecule has 2 heterocycles. The molecule has 1 N–H and O–H groups in total. The van der Waals surface area contributed by atoms with E-state index in [-0.39, 0.29) is 17.9 Å². The summed E-state index contributed by atoms with van der Waals surface area (Å²) >= 11 is 6.06. The molecule has 7 heteroatoms. The number of nitrogens with one attached hydrogen (secondary N) is 1. The molecule has 0 bridgehead atoms. The first-order valence-electron chi connectivity index (χ1n) is 8.71. The highest BCUT2D eigenvalue weighted by Gasteiger charge is 2.19. The van der Waals surface area contributed by atoms with Crippen LogP contribution in [0.25, 0.3) is 11.0 Å². The minimum Gasteiger partial charge on any atom is -0.322 e. The van der Waals surface area contributed by atoms with Gasteiger partial charge < -0.3 is 5.32 Å². The van der Waals surface area contributed by atoms with Crippen LogP contribution in [0.15, 0.2) is 30.5 Å². The summed E-state index contributed by atoms with van der Waals surface area (Å²) in [5, 5.41) is 17.2. The van der Waals surface area contributed by atoms with Crippen molar-refractivity contribution in [1.82, 2.24) is 14.8 Å². The fraction of sp³-hybridized carbons (Fsp3) is 0.300. The summed E-state index contributed by atoms with van der Waals surface area (Å²) in [5.41, 5.74) is 2.92. The highest BCUT2D eigenvalue weighted by atomic mass is 35.5. The molecule has 0 spiro atoms. The molecular weight excluding hydrogens is 362 g/mol. The summed E-state index contributed by atoms with van der Waals surface area (Å²) in [6.45, 7) is 8.11. The molecule has 6 nitrogen and oxygen atoms in total. The predicted molar refractivity (Wildman–Crippen MR) is 106 cm³/mol. The smallest absolute Gasteiger partial charge is 0.256 e. The Bertz CT molecular complexity index is 1060. The van der Waals surface area contributed by atoms with Crippen LogP contribution in [0.2, 0.25) is 5.02 Å². The van der Waals surface area contributed by atoms with E-state index in [4.69, 9.17) is 21.8 Å². The topological polar surface area (TPSA) is 83.6 Å². The molecule has 3 rings (SSSR count). The van der Waals surface area contributed by atoms with E-state index in [1.54, 1.807) is 30.5 Å². The van der Waals surface area contributed by atoms with Crippen molar-refractivity contribution in [2.75, 3.05) is 5.32 Å². The minimum atomic E-state index is -0.270. The zero-order chi connectivity index (χ0) is 19.7. The van der Waals surface area contributed by atoms with Gasteiger partial charge in [-0.15, -0.1) is 0 Å². The van der Waals surface area contributed by atoms with E-state index >= 15 is 0 Å². The van der Waals surface area contributed by atoms with Gasteiger partial charge in [-0.2, -0.15) is 10.4 Å². The van der Waals surface area contributed by atoms with Crippen molar-refractivity contribution in [3.63, 3.8) is 0 Å². The molecule has 1 amide bonds. The quantitative estimate of drug-likeness (QED) is 0.695. The molecule has 3 aromatic rings. The number of carbonyl (C=O) groups excluding carboxylic acids is 1. The highest BCUT2D eigenvalue weighted by molar-refractivity contribution is 6.32. The maximum absolute atomic E-state index is 13.0. The molecule has 1 aromatic carbocycles. The normalized spacial score (nSPS) is 11.2. The van der Waals surface area contributed by atoms with Crippen molar-refractivity contribution < 1.29 is 4.79 Å². The molecule has 0 aliphatic carbocycles. The van der Waals surface area contributed by atoms with Gasteiger partial charge in [0.05, 0.1) is 27.7 Å². The summed E-state index contributed by atoms with van der Waals surface area (Å²) in [5.74, 6) is -0.103. The van der Waals surface area contributed by atoms with Crippen LogP contribution >= 0.6 is 11.6 Å². The number of pyridine rings is 1. The Kier molecular flexibility index (Phi) is 5.15. The van der Waals surface area contributed by atoms with Gasteiger partial charge in [-0.3, -0.25) is 4.79 Å². The first-order valence-corrected chi connectivity index (χ1v) is 9.08. The fourth-order valence-electron chi connectivity index (χ4n) is 2.78. The van der Waals surface area contributed by atoms with Crippen LogP contribution in [0.5, 0.6) is 0 Å². The van der Waals surface area contributed by atoms with Crippen LogP contribution in [0.1, 0.15) is 61.3 Å². The number of benzene rings is 1. The second-order valence-electron chi connectivity index (χ2n) is 6.93. The summed E-state index contributed by atoms with van der Waals surface area (Å²) < 4.78 is 1.82. The molecular formula is C20H20ClN5O. The predicted octanol–water partition coefficient (Wildman–Crippen LogP) is 4.91. The number of rotatable bonds is 4. The summed E-state index contributed by atoms with van der Waals surface area (Å²) in [6.07, 6.45) is 1.67. The number of carbonyl (C=O) groups is 1. The second-order valence-corrected chi connectivity index (χ2v) is 7.34. The van der Waals surface area contributed by atoms with E-state index in [9.17, 15) is 4.79 Å². The number of nitrogens with zero attached hydrogens (tertiary/aromatic N) is 4. The van der Waals surface area contributed by atoms with Crippen molar-refractivity contribution in [2.45, 2.75) is 39.7 Å². The molecule has 0 fully saturated rings. The number of hydrogen-bond donors (Lipinski definition) is 1. The van der Waals surface area contributed by atoms with Crippen LogP contribution in [-0.2, 0) is 0 Å². The Hall–Kier alpha value is -2.91. The van der Waals surface area contributed by atoms with Crippen LogP contribution in [0.3, 0.4) is 0 Å². The molecule has 0 aliphatic rings. The van der Waals surface area contributed by atoms with Gasteiger partial charge in [-0.25, -0.2) is 9.67 Å². The third-order valence-corrected chi connectivity index (χ3v) is 4.57. The lowest BCUT2D eigenvalue weighted by molar-refractivity contribution is 0.102. The summed E-state index contributed by atoms with van der Waals surface area (Å²) in [6, 6.07) is 8.74. The average Bonchev–Trinajstić information content (AvgIpc) is 3.05. The lowest BCUT2D eigenvalue weighted by atomic mass is 10.0. The number of nitriles is 1. The minimum absolute atomic E-state index is 0.130. The van der Waals surface area contributed by atoms with Crippen LogP contribution in [0, 0.1) is 11.3 Å².